The Balaban J connectivity index is 1.81. The predicted octanol–water partition coefficient (Wildman–Crippen LogP) is 4.92. The van der Waals surface area contributed by atoms with E-state index in [4.69, 9.17) is 9.15 Å². The van der Waals surface area contributed by atoms with Crippen LogP contribution in [0.4, 0.5) is 5.69 Å². The first-order chi connectivity index (χ1) is 13.1. The van der Waals surface area contributed by atoms with Gasteiger partial charge in [-0.2, -0.15) is 0 Å². The molecule has 4 rings (SSSR count). The fourth-order valence-electron chi connectivity index (χ4n) is 3.18. The fraction of sp³-hybridized carbons (Fsp3) is 0.238. The quantitative estimate of drug-likeness (QED) is 0.460. The highest BCUT2D eigenvalue weighted by Gasteiger charge is 2.14. The molecule has 0 spiro atoms. The number of nitrogens with zero attached hydrogens (tertiary/aromatic N) is 2. The standard InChI is InChI=1S/C21H20N2O3S/c1-4-23(5-2)14-7-6-13-10-16(21(24)26-18(13)11-14)20-22-17-9-8-15(25-3)12-19(17)27-20/h6-12H,4-5H2,1-3H3. The molecule has 0 aliphatic heterocycles. The SMILES string of the molecule is CCN(CC)c1ccc2cc(-c3nc4ccc(OC)cc4s3)c(=O)oc2c1. The van der Waals surface area contributed by atoms with Gasteiger partial charge in [-0.1, -0.05) is 0 Å². The summed E-state index contributed by atoms with van der Waals surface area (Å²) in [6.07, 6.45) is 0. The van der Waals surface area contributed by atoms with E-state index in [1.165, 1.54) is 11.3 Å². The number of thiazole rings is 1. The smallest absolute Gasteiger partial charge is 0.346 e. The van der Waals surface area contributed by atoms with Crippen LogP contribution in [-0.2, 0) is 0 Å². The first-order valence-corrected chi connectivity index (χ1v) is 9.72. The number of hydrogen-bond donors (Lipinski definition) is 0. The molecule has 2 heterocycles. The molecule has 138 valence electrons. The second kappa shape index (κ2) is 7.04. The molecular formula is C21H20N2O3S. The van der Waals surface area contributed by atoms with Crippen LogP contribution in [0, 0.1) is 0 Å². The van der Waals surface area contributed by atoms with Crippen molar-refractivity contribution < 1.29 is 9.15 Å². The Labute approximate surface area is 160 Å². The summed E-state index contributed by atoms with van der Waals surface area (Å²) < 4.78 is 11.9. The van der Waals surface area contributed by atoms with E-state index in [-0.39, 0.29) is 5.63 Å². The van der Waals surface area contributed by atoms with Crippen molar-refractivity contribution in [3.8, 4) is 16.3 Å². The summed E-state index contributed by atoms with van der Waals surface area (Å²) in [6, 6.07) is 13.5. The molecule has 0 N–H and O–H groups in total. The zero-order valence-corrected chi connectivity index (χ0v) is 16.3. The van der Waals surface area contributed by atoms with Gasteiger partial charge in [0.05, 0.1) is 22.9 Å². The Morgan fingerprint density at radius 2 is 1.93 bits per heavy atom. The lowest BCUT2D eigenvalue weighted by Gasteiger charge is -2.20. The van der Waals surface area contributed by atoms with E-state index >= 15 is 0 Å². The Kier molecular flexibility index (Phi) is 4.58. The number of ether oxygens (including phenoxy) is 1. The Bertz CT molecular complexity index is 1180. The monoisotopic (exact) mass is 380 g/mol. The topological polar surface area (TPSA) is 55.6 Å². The van der Waals surface area contributed by atoms with Crippen LogP contribution in [0.5, 0.6) is 5.75 Å². The van der Waals surface area contributed by atoms with Crippen molar-refractivity contribution >= 4 is 38.2 Å². The molecule has 2 aromatic carbocycles. The lowest BCUT2D eigenvalue weighted by Crippen LogP contribution is -2.21. The van der Waals surface area contributed by atoms with Gasteiger partial charge in [0.15, 0.2) is 0 Å². The van der Waals surface area contributed by atoms with Crippen molar-refractivity contribution in [3.63, 3.8) is 0 Å². The van der Waals surface area contributed by atoms with E-state index in [1.54, 1.807) is 7.11 Å². The third kappa shape index (κ3) is 3.17. The third-order valence-corrected chi connectivity index (χ3v) is 5.73. The van der Waals surface area contributed by atoms with Crippen molar-refractivity contribution in [1.82, 2.24) is 4.98 Å². The maximum Gasteiger partial charge on any atom is 0.346 e. The number of aromatic nitrogens is 1. The minimum Gasteiger partial charge on any atom is -0.497 e. The molecule has 0 aliphatic rings. The molecular weight excluding hydrogens is 360 g/mol. The van der Waals surface area contributed by atoms with Gasteiger partial charge in [-0.05, 0) is 50.2 Å². The third-order valence-electron chi connectivity index (χ3n) is 4.67. The zero-order valence-electron chi connectivity index (χ0n) is 15.5. The van der Waals surface area contributed by atoms with Crippen LogP contribution < -0.4 is 15.3 Å². The molecule has 0 fully saturated rings. The van der Waals surface area contributed by atoms with Crippen LogP contribution >= 0.6 is 11.3 Å². The van der Waals surface area contributed by atoms with Gasteiger partial charge >= 0.3 is 5.63 Å². The van der Waals surface area contributed by atoms with Crippen LogP contribution in [0.2, 0.25) is 0 Å². The van der Waals surface area contributed by atoms with E-state index in [9.17, 15) is 4.79 Å². The molecule has 0 bridgehead atoms. The van der Waals surface area contributed by atoms with Gasteiger partial charge < -0.3 is 14.1 Å². The first kappa shape index (κ1) is 17.5. The number of rotatable bonds is 5. The van der Waals surface area contributed by atoms with Crippen molar-refractivity contribution in [2.45, 2.75) is 13.8 Å². The first-order valence-electron chi connectivity index (χ1n) is 8.90. The molecule has 5 nitrogen and oxygen atoms in total. The lowest BCUT2D eigenvalue weighted by molar-refractivity contribution is 0.415. The maximum atomic E-state index is 12.6. The normalized spacial score (nSPS) is 11.2. The Hall–Kier alpha value is -2.86. The Morgan fingerprint density at radius 3 is 2.67 bits per heavy atom. The largest absolute Gasteiger partial charge is 0.497 e. The molecule has 0 radical (unpaired) electrons. The number of methoxy groups -OCH3 is 1. The average Bonchev–Trinajstić information content (AvgIpc) is 3.11. The van der Waals surface area contributed by atoms with Gasteiger partial charge in [0.25, 0.3) is 0 Å². The molecule has 4 aromatic rings. The summed E-state index contributed by atoms with van der Waals surface area (Å²) in [5.41, 5.74) is 2.60. The molecule has 0 unspecified atom stereocenters. The van der Waals surface area contributed by atoms with Crippen molar-refractivity contribution in [2.24, 2.45) is 0 Å². The summed E-state index contributed by atoms with van der Waals surface area (Å²) in [5.74, 6) is 0.771. The molecule has 0 saturated carbocycles. The number of anilines is 1. The predicted molar refractivity (Wildman–Crippen MR) is 111 cm³/mol. The molecule has 27 heavy (non-hydrogen) atoms. The van der Waals surface area contributed by atoms with Gasteiger partial charge in [-0.3, -0.25) is 0 Å². The van der Waals surface area contributed by atoms with Crippen LogP contribution in [0.1, 0.15) is 13.8 Å². The second-order valence-corrected chi connectivity index (χ2v) is 7.23. The van der Waals surface area contributed by atoms with Gasteiger partial charge in [0.2, 0.25) is 0 Å². The van der Waals surface area contributed by atoms with Crippen molar-refractivity contribution in [2.75, 3.05) is 25.1 Å². The molecule has 0 aliphatic carbocycles. The minimum atomic E-state index is -0.370. The van der Waals surface area contributed by atoms with Crippen LogP contribution in [0.3, 0.4) is 0 Å². The summed E-state index contributed by atoms with van der Waals surface area (Å²) >= 11 is 1.46. The summed E-state index contributed by atoms with van der Waals surface area (Å²) in [6.45, 7) is 6.02. The lowest BCUT2D eigenvalue weighted by atomic mass is 10.1. The van der Waals surface area contributed by atoms with Gasteiger partial charge in [0, 0.05) is 30.2 Å². The number of fused-ring (bicyclic) bond motifs is 2. The highest BCUT2D eigenvalue weighted by Crippen LogP contribution is 2.32. The van der Waals surface area contributed by atoms with Crippen molar-refractivity contribution in [3.05, 3.63) is 52.9 Å². The molecule has 2 aromatic heterocycles. The van der Waals surface area contributed by atoms with Gasteiger partial charge in [-0.15, -0.1) is 11.3 Å². The van der Waals surface area contributed by atoms with E-state index in [0.29, 0.717) is 16.2 Å². The zero-order chi connectivity index (χ0) is 19.0. The number of hydrogen-bond acceptors (Lipinski definition) is 6. The fourth-order valence-corrected chi connectivity index (χ4v) is 4.18. The van der Waals surface area contributed by atoms with E-state index in [2.05, 4.69) is 29.8 Å². The highest BCUT2D eigenvalue weighted by molar-refractivity contribution is 7.21. The Morgan fingerprint density at radius 1 is 1.11 bits per heavy atom. The number of benzene rings is 2. The van der Waals surface area contributed by atoms with Crippen LogP contribution in [0.15, 0.2) is 51.7 Å². The average molecular weight is 380 g/mol. The summed E-state index contributed by atoms with van der Waals surface area (Å²) in [4.78, 5) is 19.4. The van der Waals surface area contributed by atoms with E-state index in [0.717, 1.165) is 40.1 Å². The van der Waals surface area contributed by atoms with E-state index < -0.39 is 0 Å². The van der Waals surface area contributed by atoms with Crippen LogP contribution in [0.25, 0.3) is 31.8 Å². The second-order valence-electron chi connectivity index (χ2n) is 6.19. The summed E-state index contributed by atoms with van der Waals surface area (Å²) in [7, 11) is 1.63. The van der Waals surface area contributed by atoms with Crippen LogP contribution in [-0.4, -0.2) is 25.2 Å². The van der Waals surface area contributed by atoms with Crippen molar-refractivity contribution in [1.29, 1.82) is 0 Å². The highest BCUT2D eigenvalue weighted by atomic mass is 32.1. The molecule has 0 saturated heterocycles. The molecule has 6 heteroatoms. The van der Waals surface area contributed by atoms with Gasteiger partial charge in [0.1, 0.15) is 16.3 Å². The molecule has 0 amide bonds. The molecule has 0 atom stereocenters. The van der Waals surface area contributed by atoms with Gasteiger partial charge in [-0.25, -0.2) is 9.78 Å². The summed E-state index contributed by atoms with van der Waals surface area (Å²) in [5, 5.41) is 1.54. The van der Waals surface area contributed by atoms with E-state index in [1.807, 2.05) is 36.4 Å². The minimum absolute atomic E-state index is 0.370. The maximum absolute atomic E-state index is 12.6.